The van der Waals surface area contributed by atoms with Crippen LogP contribution in [0, 0.1) is 5.92 Å². The zero-order chi connectivity index (χ0) is 17.6. The van der Waals surface area contributed by atoms with Crippen molar-refractivity contribution in [2.45, 2.75) is 24.7 Å². The van der Waals surface area contributed by atoms with Gasteiger partial charge >= 0.3 is 0 Å². The number of rotatable bonds is 2. The maximum absolute atomic E-state index is 12.9. The van der Waals surface area contributed by atoms with Crippen LogP contribution in [0.4, 0.5) is 0 Å². The van der Waals surface area contributed by atoms with Crippen LogP contribution < -0.4 is 5.56 Å². The van der Waals surface area contributed by atoms with Gasteiger partial charge in [0, 0.05) is 19.3 Å². The molecule has 3 aromatic rings. The molecule has 6 nitrogen and oxygen atoms in total. The van der Waals surface area contributed by atoms with Crippen LogP contribution in [-0.4, -0.2) is 35.2 Å². The van der Waals surface area contributed by atoms with Crippen LogP contribution in [-0.2, 0) is 10.0 Å². The molecule has 1 aromatic carbocycles. The molecule has 0 amide bonds. The van der Waals surface area contributed by atoms with Crippen LogP contribution in [0.25, 0.3) is 16.6 Å². The zero-order valence-electron chi connectivity index (χ0n) is 13.9. The van der Waals surface area contributed by atoms with Crippen molar-refractivity contribution in [2.24, 2.45) is 5.92 Å². The molecule has 3 heterocycles. The van der Waals surface area contributed by atoms with Crippen molar-refractivity contribution in [3.8, 4) is 0 Å². The van der Waals surface area contributed by atoms with Crippen molar-refractivity contribution in [3.05, 3.63) is 52.9 Å². The number of hydrogen-bond donors (Lipinski definition) is 0. The SMILES string of the molecule is C[C@H]1CCCN(S(=O)(=O)c2ccc3c(c2)c(=O)nc2ccccn23)C1. The van der Waals surface area contributed by atoms with E-state index in [0.717, 1.165) is 12.8 Å². The molecule has 0 saturated carbocycles. The van der Waals surface area contributed by atoms with E-state index in [1.807, 2.05) is 18.3 Å². The Morgan fingerprint density at radius 2 is 2.04 bits per heavy atom. The summed E-state index contributed by atoms with van der Waals surface area (Å²) in [7, 11) is -3.60. The number of piperidine rings is 1. The Labute approximate surface area is 145 Å². The van der Waals surface area contributed by atoms with Gasteiger partial charge in [0.25, 0.3) is 5.56 Å². The molecule has 0 radical (unpaired) electrons. The second-order valence-corrected chi connectivity index (χ2v) is 8.57. The molecule has 0 unspecified atom stereocenters. The minimum absolute atomic E-state index is 0.156. The van der Waals surface area contributed by atoms with E-state index in [-0.39, 0.29) is 4.90 Å². The fraction of sp³-hybridized carbons (Fsp3) is 0.333. The maximum Gasteiger partial charge on any atom is 0.281 e. The van der Waals surface area contributed by atoms with E-state index in [2.05, 4.69) is 11.9 Å². The molecule has 2 aromatic heterocycles. The molecule has 0 spiro atoms. The van der Waals surface area contributed by atoms with E-state index in [1.54, 1.807) is 22.6 Å². The Balaban J connectivity index is 1.88. The molecule has 1 atom stereocenters. The summed E-state index contributed by atoms with van der Waals surface area (Å²) in [5, 5.41) is 0.315. The minimum Gasteiger partial charge on any atom is -0.301 e. The topological polar surface area (TPSA) is 71.8 Å². The number of hydrogen-bond acceptors (Lipinski definition) is 4. The third kappa shape index (κ3) is 2.73. The molecule has 0 aliphatic carbocycles. The summed E-state index contributed by atoms with van der Waals surface area (Å²) in [5.41, 5.74) is 0.785. The lowest BCUT2D eigenvalue weighted by Gasteiger charge is -2.30. The van der Waals surface area contributed by atoms with Crippen molar-refractivity contribution >= 4 is 26.6 Å². The molecule has 130 valence electrons. The van der Waals surface area contributed by atoms with Crippen molar-refractivity contribution in [1.29, 1.82) is 0 Å². The van der Waals surface area contributed by atoms with Crippen molar-refractivity contribution in [3.63, 3.8) is 0 Å². The first-order chi connectivity index (χ1) is 12.0. The van der Waals surface area contributed by atoms with Crippen molar-refractivity contribution in [1.82, 2.24) is 13.7 Å². The highest BCUT2D eigenvalue weighted by Crippen LogP contribution is 2.25. The highest BCUT2D eigenvalue weighted by Gasteiger charge is 2.29. The van der Waals surface area contributed by atoms with Gasteiger partial charge in [-0.05, 0) is 49.1 Å². The highest BCUT2D eigenvalue weighted by molar-refractivity contribution is 7.89. The molecule has 25 heavy (non-hydrogen) atoms. The quantitative estimate of drug-likeness (QED) is 0.660. The summed E-state index contributed by atoms with van der Waals surface area (Å²) in [4.78, 5) is 16.6. The summed E-state index contributed by atoms with van der Waals surface area (Å²) < 4.78 is 29.2. The molecule has 1 saturated heterocycles. The molecule has 1 aliphatic rings. The average Bonchev–Trinajstić information content (AvgIpc) is 2.61. The maximum atomic E-state index is 12.9. The largest absolute Gasteiger partial charge is 0.301 e. The van der Waals surface area contributed by atoms with E-state index in [9.17, 15) is 13.2 Å². The fourth-order valence-corrected chi connectivity index (χ4v) is 5.09. The first-order valence-electron chi connectivity index (χ1n) is 8.38. The van der Waals surface area contributed by atoms with Gasteiger partial charge in [0.15, 0.2) is 0 Å². The van der Waals surface area contributed by atoms with E-state index < -0.39 is 15.6 Å². The van der Waals surface area contributed by atoms with E-state index in [1.165, 1.54) is 10.4 Å². The van der Waals surface area contributed by atoms with E-state index in [4.69, 9.17) is 0 Å². The number of nitrogens with zero attached hydrogens (tertiary/aromatic N) is 3. The normalized spacial score (nSPS) is 19.5. The lowest BCUT2D eigenvalue weighted by atomic mass is 10.0. The Morgan fingerprint density at radius 3 is 2.84 bits per heavy atom. The van der Waals surface area contributed by atoms with Crippen LogP contribution >= 0.6 is 0 Å². The zero-order valence-corrected chi connectivity index (χ0v) is 14.7. The predicted octanol–water partition coefficient (Wildman–Crippen LogP) is 2.27. The fourth-order valence-electron chi connectivity index (χ4n) is 3.46. The summed E-state index contributed by atoms with van der Waals surface area (Å²) in [6.45, 7) is 3.11. The van der Waals surface area contributed by atoms with Gasteiger partial charge in [-0.15, -0.1) is 0 Å². The predicted molar refractivity (Wildman–Crippen MR) is 96.1 cm³/mol. The lowest BCUT2D eigenvalue weighted by molar-refractivity contribution is 0.281. The Morgan fingerprint density at radius 1 is 1.20 bits per heavy atom. The van der Waals surface area contributed by atoms with E-state index >= 15 is 0 Å². The lowest BCUT2D eigenvalue weighted by Crippen LogP contribution is -2.39. The monoisotopic (exact) mass is 357 g/mol. The average molecular weight is 357 g/mol. The third-order valence-electron chi connectivity index (χ3n) is 4.77. The molecule has 1 fully saturated rings. The standard InChI is InChI=1S/C18H19N3O3S/c1-13-5-4-9-20(12-13)25(23,24)14-7-8-16-15(11-14)18(22)19-17-6-2-3-10-21(16)17/h2-3,6-8,10-11,13H,4-5,9,12H2,1H3/t13-/m0/s1. The third-order valence-corrected chi connectivity index (χ3v) is 6.63. The van der Waals surface area contributed by atoms with Crippen LogP contribution in [0.5, 0.6) is 0 Å². The molecule has 0 N–H and O–H groups in total. The highest BCUT2D eigenvalue weighted by atomic mass is 32.2. The van der Waals surface area contributed by atoms with Crippen LogP contribution in [0.3, 0.4) is 0 Å². The number of fused-ring (bicyclic) bond motifs is 3. The number of aromatic nitrogens is 2. The molecule has 7 heteroatoms. The van der Waals surface area contributed by atoms with Crippen LogP contribution in [0.15, 0.2) is 52.3 Å². The first kappa shape index (κ1) is 16.2. The molecule has 1 aliphatic heterocycles. The van der Waals surface area contributed by atoms with Gasteiger partial charge in [0.2, 0.25) is 10.0 Å². The molecular formula is C18H19N3O3S. The molecule has 0 bridgehead atoms. The van der Waals surface area contributed by atoms with E-state index in [0.29, 0.717) is 35.6 Å². The van der Waals surface area contributed by atoms with Gasteiger partial charge in [0.1, 0.15) is 5.65 Å². The van der Waals surface area contributed by atoms with Gasteiger partial charge in [-0.2, -0.15) is 9.29 Å². The van der Waals surface area contributed by atoms with Crippen LogP contribution in [0.1, 0.15) is 19.8 Å². The Hall–Kier alpha value is -2.25. The second kappa shape index (κ2) is 5.93. The second-order valence-electron chi connectivity index (χ2n) is 6.64. The number of pyridine rings is 1. The van der Waals surface area contributed by atoms with Crippen molar-refractivity contribution in [2.75, 3.05) is 13.1 Å². The van der Waals surface area contributed by atoms with Gasteiger partial charge in [0.05, 0.1) is 15.8 Å². The summed E-state index contributed by atoms with van der Waals surface area (Å²) in [6, 6.07) is 10.1. The minimum atomic E-state index is -3.60. The van der Waals surface area contributed by atoms with Gasteiger partial charge < -0.3 is 4.40 Å². The molecule has 4 rings (SSSR count). The van der Waals surface area contributed by atoms with Gasteiger partial charge in [-0.25, -0.2) is 8.42 Å². The van der Waals surface area contributed by atoms with Crippen molar-refractivity contribution < 1.29 is 8.42 Å². The first-order valence-corrected chi connectivity index (χ1v) is 9.82. The number of benzene rings is 1. The summed E-state index contributed by atoms with van der Waals surface area (Å²) >= 11 is 0. The Bertz CT molecular complexity index is 1120. The molecular weight excluding hydrogens is 338 g/mol. The van der Waals surface area contributed by atoms with Crippen LogP contribution in [0.2, 0.25) is 0 Å². The Kier molecular flexibility index (Phi) is 3.85. The number of sulfonamides is 1. The van der Waals surface area contributed by atoms with Gasteiger partial charge in [-0.1, -0.05) is 13.0 Å². The summed E-state index contributed by atoms with van der Waals surface area (Å²) in [5.74, 6) is 0.347. The summed E-state index contributed by atoms with van der Waals surface area (Å²) in [6.07, 6.45) is 3.72. The smallest absolute Gasteiger partial charge is 0.281 e. The van der Waals surface area contributed by atoms with Gasteiger partial charge in [-0.3, -0.25) is 4.79 Å².